The monoisotopic (exact) mass is 176 g/mol. The van der Waals surface area contributed by atoms with Crippen LogP contribution in [0.4, 0.5) is 0 Å². The predicted molar refractivity (Wildman–Crippen MR) is 51.3 cm³/mol. The molecule has 0 spiro atoms. The number of halogens is 1. The quantitative estimate of drug-likeness (QED) is 0.577. The number of aryl methyl sites for hydroxylation is 1. The topological polar surface area (TPSA) is 0 Å². The first-order valence-corrected chi connectivity index (χ1v) is 4.39. The lowest BCUT2D eigenvalue weighted by Crippen LogP contribution is -2.01. The zero-order chi connectivity index (χ0) is 8.55. The van der Waals surface area contributed by atoms with Crippen molar-refractivity contribution in [2.45, 2.75) is 19.3 Å². The number of rotatable bonds is 1. The fourth-order valence-corrected chi connectivity index (χ4v) is 1.67. The van der Waals surface area contributed by atoms with E-state index in [4.69, 9.17) is 11.6 Å². The number of benzene rings is 1. The Morgan fingerprint density at radius 2 is 2.17 bits per heavy atom. The van der Waals surface area contributed by atoms with Crippen LogP contribution in [-0.2, 0) is 0 Å². The third-order valence-corrected chi connectivity index (χ3v) is 2.27. The van der Waals surface area contributed by atoms with Crippen LogP contribution in [0.2, 0.25) is 5.02 Å². The molecule has 0 aromatic heterocycles. The van der Waals surface area contributed by atoms with Crippen LogP contribution in [0.25, 0.3) is 0 Å². The average Bonchev–Trinajstić information content (AvgIpc) is 1.79. The summed E-state index contributed by atoms with van der Waals surface area (Å²) in [5.41, 5.74) is 2.48. The highest BCUT2D eigenvalue weighted by Gasteiger charge is 2.12. The molecular formula is C11H9Cl. The molecule has 0 aliphatic heterocycles. The van der Waals surface area contributed by atoms with Crippen LogP contribution < -0.4 is 0 Å². The highest BCUT2D eigenvalue weighted by molar-refractivity contribution is 6.30. The van der Waals surface area contributed by atoms with Crippen molar-refractivity contribution in [3.63, 3.8) is 0 Å². The van der Waals surface area contributed by atoms with Gasteiger partial charge in [0.2, 0.25) is 0 Å². The van der Waals surface area contributed by atoms with Crippen LogP contribution >= 0.6 is 11.6 Å². The maximum absolute atomic E-state index is 5.93. The molecule has 0 fully saturated rings. The van der Waals surface area contributed by atoms with Gasteiger partial charge in [0.25, 0.3) is 0 Å². The van der Waals surface area contributed by atoms with Gasteiger partial charge in [0.15, 0.2) is 0 Å². The van der Waals surface area contributed by atoms with Crippen molar-refractivity contribution in [3.8, 4) is 11.8 Å². The molecule has 1 aromatic carbocycles. The van der Waals surface area contributed by atoms with Crippen molar-refractivity contribution >= 4 is 11.6 Å². The van der Waals surface area contributed by atoms with Gasteiger partial charge in [-0.1, -0.05) is 23.6 Å². The first-order valence-electron chi connectivity index (χ1n) is 4.01. The van der Waals surface area contributed by atoms with E-state index >= 15 is 0 Å². The summed E-state index contributed by atoms with van der Waals surface area (Å²) in [7, 11) is 0. The Morgan fingerprint density at radius 1 is 1.42 bits per heavy atom. The van der Waals surface area contributed by atoms with Gasteiger partial charge in [-0.15, -0.1) is 5.92 Å². The van der Waals surface area contributed by atoms with E-state index < -0.39 is 0 Å². The lowest BCUT2D eigenvalue weighted by atomic mass is 9.90. The molecule has 0 saturated carbocycles. The second-order valence-corrected chi connectivity index (χ2v) is 3.58. The smallest absolute Gasteiger partial charge is 0.0562 e. The average molecular weight is 177 g/mol. The zero-order valence-corrected chi connectivity index (χ0v) is 7.65. The second kappa shape index (κ2) is 2.84. The fraction of sp³-hybridized carbons (Fsp3) is 0.273. The van der Waals surface area contributed by atoms with E-state index in [1.54, 1.807) is 0 Å². The van der Waals surface area contributed by atoms with Gasteiger partial charge in [0.1, 0.15) is 0 Å². The highest BCUT2D eigenvalue weighted by Crippen LogP contribution is 2.26. The third-order valence-electron chi connectivity index (χ3n) is 2.05. The molecule has 1 heteroatoms. The van der Waals surface area contributed by atoms with Crippen LogP contribution in [0.5, 0.6) is 0 Å². The van der Waals surface area contributed by atoms with Crippen LogP contribution in [0.15, 0.2) is 18.2 Å². The van der Waals surface area contributed by atoms with Gasteiger partial charge in [-0.3, -0.25) is 0 Å². The fourth-order valence-electron chi connectivity index (χ4n) is 1.37. The maximum Gasteiger partial charge on any atom is 0.0562 e. The van der Waals surface area contributed by atoms with Gasteiger partial charge < -0.3 is 0 Å². The van der Waals surface area contributed by atoms with Crippen LogP contribution in [-0.4, -0.2) is 0 Å². The Balaban J connectivity index is 2.39. The van der Waals surface area contributed by atoms with E-state index in [1.807, 2.05) is 12.1 Å². The first-order chi connectivity index (χ1) is 5.75. The van der Waals surface area contributed by atoms with E-state index in [9.17, 15) is 0 Å². The van der Waals surface area contributed by atoms with Crippen LogP contribution in [0.1, 0.15) is 23.5 Å². The molecule has 1 aliphatic rings. The van der Waals surface area contributed by atoms with Gasteiger partial charge in [0, 0.05) is 11.4 Å². The summed E-state index contributed by atoms with van der Waals surface area (Å²) >= 11 is 5.93. The molecule has 2 rings (SSSR count). The van der Waals surface area contributed by atoms with Gasteiger partial charge in [0.05, 0.1) is 5.92 Å². The molecule has 60 valence electrons. The SMILES string of the molecule is Cc1cc(Cl)cc(C2C#CC2)c1. The summed E-state index contributed by atoms with van der Waals surface area (Å²) in [5.74, 6) is 6.55. The lowest BCUT2D eigenvalue weighted by molar-refractivity contribution is 0.865. The van der Waals surface area contributed by atoms with E-state index in [0.717, 1.165) is 11.4 Å². The molecule has 1 aromatic rings. The normalized spacial score (nSPS) is 19.3. The summed E-state index contributed by atoms with van der Waals surface area (Å²) in [6.07, 6.45) is 0.986. The molecule has 12 heavy (non-hydrogen) atoms. The van der Waals surface area contributed by atoms with Gasteiger partial charge in [-0.25, -0.2) is 0 Å². The standard InChI is InChI=1S/C11H9Cl/c1-8-5-10(7-11(12)6-8)9-3-2-4-9/h5-7,9H,3H2,1H3. The van der Waals surface area contributed by atoms with Gasteiger partial charge >= 0.3 is 0 Å². The molecule has 0 N–H and O–H groups in total. The molecular weight excluding hydrogens is 168 g/mol. The third kappa shape index (κ3) is 1.33. The Labute approximate surface area is 77.6 Å². The largest absolute Gasteiger partial charge is 0.101 e. The lowest BCUT2D eigenvalue weighted by Gasteiger charge is -2.14. The molecule has 0 amide bonds. The minimum absolute atomic E-state index is 0.433. The van der Waals surface area contributed by atoms with Gasteiger partial charge in [-0.2, -0.15) is 0 Å². The molecule has 1 aliphatic carbocycles. The molecule has 0 nitrogen and oxygen atoms in total. The van der Waals surface area contributed by atoms with E-state index in [2.05, 4.69) is 24.8 Å². The van der Waals surface area contributed by atoms with Crippen LogP contribution in [0, 0.1) is 18.8 Å². The second-order valence-electron chi connectivity index (χ2n) is 3.14. The summed E-state index contributed by atoms with van der Waals surface area (Å²) in [5, 5.41) is 0.818. The molecule has 0 heterocycles. The first kappa shape index (κ1) is 7.71. The Bertz CT molecular complexity index is 348. The molecule has 1 unspecified atom stereocenters. The maximum atomic E-state index is 5.93. The Kier molecular flexibility index (Phi) is 1.83. The summed E-state index contributed by atoms with van der Waals surface area (Å²) in [6, 6.07) is 6.13. The molecule has 0 saturated heterocycles. The minimum atomic E-state index is 0.433. The highest BCUT2D eigenvalue weighted by atomic mass is 35.5. The van der Waals surface area contributed by atoms with Gasteiger partial charge in [-0.05, 0) is 30.2 Å². The summed E-state index contributed by atoms with van der Waals surface area (Å²) in [6.45, 7) is 2.06. The van der Waals surface area contributed by atoms with E-state index in [-0.39, 0.29) is 0 Å². The zero-order valence-electron chi connectivity index (χ0n) is 6.89. The van der Waals surface area contributed by atoms with Crippen molar-refractivity contribution in [1.82, 2.24) is 0 Å². The number of hydrogen-bond donors (Lipinski definition) is 0. The van der Waals surface area contributed by atoms with Crippen molar-refractivity contribution in [1.29, 1.82) is 0 Å². The van der Waals surface area contributed by atoms with E-state index in [1.165, 1.54) is 11.1 Å². The van der Waals surface area contributed by atoms with E-state index in [0.29, 0.717) is 5.92 Å². The minimum Gasteiger partial charge on any atom is -0.101 e. The summed E-state index contributed by atoms with van der Waals surface area (Å²) in [4.78, 5) is 0. The van der Waals surface area contributed by atoms with Crippen molar-refractivity contribution in [2.24, 2.45) is 0 Å². The molecule has 1 atom stereocenters. The molecule has 0 radical (unpaired) electrons. The van der Waals surface area contributed by atoms with Crippen molar-refractivity contribution in [2.75, 3.05) is 0 Å². The molecule has 0 bridgehead atoms. The Morgan fingerprint density at radius 3 is 2.67 bits per heavy atom. The number of hydrogen-bond acceptors (Lipinski definition) is 0. The summed E-state index contributed by atoms with van der Waals surface area (Å²) < 4.78 is 0. The Hall–Kier alpha value is -0.930. The van der Waals surface area contributed by atoms with Crippen molar-refractivity contribution in [3.05, 3.63) is 34.3 Å². The predicted octanol–water partition coefficient (Wildman–Crippen LogP) is 3.14. The van der Waals surface area contributed by atoms with Crippen molar-refractivity contribution < 1.29 is 0 Å². The van der Waals surface area contributed by atoms with Crippen LogP contribution in [0.3, 0.4) is 0 Å².